The van der Waals surface area contributed by atoms with Gasteiger partial charge < -0.3 is 4.98 Å². The number of H-pyrrole nitrogens is 1. The van der Waals surface area contributed by atoms with Crippen LogP contribution in [0.2, 0.25) is 0 Å². The van der Waals surface area contributed by atoms with Gasteiger partial charge in [-0.3, -0.25) is 4.79 Å². The molecule has 5 rings (SSSR count). The Hall–Kier alpha value is -3.66. The predicted octanol–water partition coefficient (Wildman–Crippen LogP) is 5.09. The summed E-state index contributed by atoms with van der Waals surface area (Å²) in [4.78, 5) is 16.8. The van der Waals surface area contributed by atoms with Crippen LogP contribution in [0.1, 0.15) is 23.5 Å². The summed E-state index contributed by atoms with van der Waals surface area (Å²) in [6.45, 7) is 0. The third-order valence-corrected chi connectivity index (χ3v) is 5.23. The van der Waals surface area contributed by atoms with E-state index in [1.807, 2.05) is 85.1 Å². The van der Waals surface area contributed by atoms with Crippen molar-refractivity contribution in [3.63, 3.8) is 0 Å². The number of nitrogens with one attached hydrogen (secondary N) is 1. The SMILES string of the molecule is O=C1C(c2c[nH]c3ccccc23)CC(c2ccccc2)=NN1c1ccccc1. The lowest BCUT2D eigenvalue weighted by molar-refractivity contribution is -0.120. The summed E-state index contributed by atoms with van der Waals surface area (Å²) in [5.41, 5.74) is 4.80. The van der Waals surface area contributed by atoms with Gasteiger partial charge in [0.15, 0.2) is 0 Å². The molecule has 1 amide bonds. The zero-order valence-electron chi connectivity index (χ0n) is 15.2. The van der Waals surface area contributed by atoms with E-state index in [2.05, 4.69) is 11.1 Å². The summed E-state index contributed by atoms with van der Waals surface area (Å²) in [5, 5.41) is 7.37. The molecule has 1 aliphatic heterocycles. The van der Waals surface area contributed by atoms with Crippen molar-refractivity contribution in [2.45, 2.75) is 12.3 Å². The number of amides is 1. The van der Waals surface area contributed by atoms with Crippen LogP contribution in [0.25, 0.3) is 10.9 Å². The number of benzene rings is 3. The highest BCUT2D eigenvalue weighted by atomic mass is 16.2. The van der Waals surface area contributed by atoms with Crippen molar-refractivity contribution in [1.29, 1.82) is 0 Å². The average molecular weight is 365 g/mol. The zero-order valence-corrected chi connectivity index (χ0v) is 15.2. The molecule has 0 spiro atoms. The minimum absolute atomic E-state index is 0.00404. The molecule has 1 unspecified atom stereocenters. The molecule has 1 aliphatic rings. The van der Waals surface area contributed by atoms with Crippen molar-refractivity contribution in [2.75, 3.05) is 5.01 Å². The second-order valence-electron chi connectivity index (χ2n) is 6.94. The van der Waals surface area contributed by atoms with Crippen LogP contribution in [-0.4, -0.2) is 16.6 Å². The van der Waals surface area contributed by atoms with E-state index in [-0.39, 0.29) is 11.8 Å². The van der Waals surface area contributed by atoms with Crippen LogP contribution in [0.15, 0.2) is 96.2 Å². The standard InChI is InChI=1S/C24H19N3O/c28-24-20(21-16-25-22-14-8-7-13-19(21)22)15-23(17-9-3-1-4-10-17)26-27(24)18-11-5-2-6-12-18/h1-14,16,20,25H,15H2. The smallest absolute Gasteiger partial charge is 0.255 e. The molecular weight excluding hydrogens is 346 g/mol. The monoisotopic (exact) mass is 365 g/mol. The number of hydrogen-bond acceptors (Lipinski definition) is 2. The summed E-state index contributed by atoms with van der Waals surface area (Å²) in [5.74, 6) is -0.292. The number of hydrogen-bond donors (Lipinski definition) is 1. The van der Waals surface area contributed by atoms with Crippen molar-refractivity contribution >= 4 is 28.2 Å². The van der Waals surface area contributed by atoms with Gasteiger partial charge in [0.1, 0.15) is 0 Å². The van der Waals surface area contributed by atoms with E-state index in [0.717, 1.165) is 33.4 Å². The number of anilines is 1. The molecule has 0 saturated carbocycles. The number of aromatic amines is 1. The number of hydrazone groups is 1. The molecule has 0 fully saturated rings. The number of aromatic nitrogens is 1. The Bertz CT molecular complexity index is 1160. The van der Waals surface area contributed by atoms with Crippen LogP contribution >= 0.6 is 0 Å². The summed E-state index contributed by atoms with van der Waals surface area (Å²) >= 11 is 0. The van der Waals surface area contributed by atoms with Crippen LogP contribution in [0, 0.1) is 0 Å². The van der Waals surface area contributed by atoms with E-state index in [0.29, 0.717) is 6.42 Å². The molecule has 4 nitrogen and oxygen atoms in total. The van der Waals surface area contributed by atoms with E-state index >= 15 is 0 Å². The topological polar surface area (TPSA) is 48.5 Å². The van der Waals surface area contributed by atoms with Gasteiger partial charge in [0, 0.05) is 23.5 Å². The Morgan fingerprint density at radius 2 is 1.54 bits per heavy atom. The molecule has 136 valence electrons. The maximum absolute atomic E-state index is 13.4. The van der Waals surface area contributed by atoms with Crippen LogP contribution in [-0.2, 0) is 4.79 Å². The lowest BCUT2D eigenvalue weighted by Crippen LogP contribution is -2.37. The minimum atomic E-state index is -0.288. The third-order valence-electron chi connectivity index (χ3n) is 5.23. The number of carbonyl (C=O) groups is 1. The maximum atomic E-state index is 13.4. The largest absolute Gasteiger partial charge is 0.361 e. The number of carbonyl (C=O) groups excluding carboxylic acids is 1. The first-order chi connectivity index (χ1) is 13.8. The predicted molar refractivity (Wildman–Crippen MR) is 113 cm³/mol. The summed E-state index contributed by atoms with van der Waals surface area (Å²) in [6, 6.07) is 27.8. The normalized spacial score (nSPS) is 17.0. The number of rotatable bonds is 3. The highest BCUT2D eigenvalue weighted by Gasteiger charge is 2.34. The molecule has 4 heteroatoms. The highest BCUT2D eigenvalue weighted by molar-refractivity contribution is 6.12. The zero-order chi connectivity index (χ0) is 18.9. The minimum Gasteiger partial charge on any atom is -0.361 e. The molecule has 0 bridgehead atoms. The summed E-state index contributed by atoms with van der Waals surface area (Å²) in [6.07, 6.45) is 2.54. The van der Waals surface area contributed by atoms with Gasteiger partial charge in [-0.2, -0.15) is 10.1 Å². The molecule has 28 heavy (non-hydrogen) atoms. The first kappa shape index (κ1) is 16.5. The van der Waals surface area contributed by atoms with Gasteiger partial charge in [-0.25, -0.2) is 0 Å². The molecule has 4 aromatic rings. The van der Waals surface area contributed by atoms with Gasteiger partial charge in [-0.1, -0.05) is 66.7 Å². The Morgan fingerprint density at radius 1 is 0.857 bits per heavy atom. The molecule has 1 aromatic heterocycles. The van der Waals surface area contributed by atoms with Gasteiger partial charge >= 0.3 is 0 Å². The molecule has 1 atom stereocenters. The van der Waals surface area contributed by atoms with Gasteiger partial charge in [-0.05, 0) is 29.3 Å². The Kier molecular flexibility index (Phi) is 4.02. The molecule has 0 saturated heterocycles. The van der Waals surface area contributed by atoms with Crippen molar-refractivity contribution < 1.29 is 4.79 Å². The van der Waals surface area contributed by atoms with E-state index in [4.69, 9.17) is 5.10 Å². The fourth-order valence-corrected chi connectivity index (χ4v) is 3.82. The number of para-hydroxylation sites is 2. The Morgan fingerprint density at radius 3 is 2.32 bits per heavy atom. The van der Waals surface area contributed by atoms with Gasteiger partial charge in [0.05, 0.1) is 17.3 Å². The van der Waals surface area contributed by atoms with E-state index in [1.54, 1.807) is 5.01 Å². The van der Waals surface area contributed by atoms with Crippen LogP contribution in [0.4, 0.5) is 5.69 Å². The maximum Gasteiger partial charge on any atom is 0.255 e. The van der Waals surface area contributed by atoms with Crippen molar-refractivity contribution in [3.8, 4) is 0 Å². The van der Waals surface area contributed by atoms with Crippen LogP contribution in [0.5, 0.6) is 0 Å². The molecule has 0 radical (unpaired) electrons. The fraction of sp³-hybridized carbons (Fsp3) is 0.0833. The second kappa shape index (κ2) is 6.82. The van der Waals surface area contributed by atoms with Gasteiger partial charge in [0.25, 0.3) is 5.91 Å². The number of nitrogens with zero attached hydrogens (tertiary/aromatic N) is 2. The van der Waals surface area contributed by atoms with Gasteiger partial charge in [0.2, 0.25) is 0 Å². The van der Waals surface area contributed by atoms with Crippen molar-refractivity contribution in [1.82, 2.24) is 4.98 Å². The first-order valence-electron chi connectivity index (χ1n) is 9.39. The molecule has 3 aromatic carbocycles. The van der Waals surface area contributed by atoms with E-state index in [9.17, 15) is 4.79 Å². The van der Waals surface area contributed by atoms with E-state index in [1.165, 1.54) is 0 Å². The van der Waals surface area contributed by atoms with Crippen molar-refractivity contribution in [3.05, 3.63) is 102 Å². The summed E-state index contributed by atoms with van der Waals surface area (Å²) in [7, 11) is 0. The summed E-state index contributed by atoms with van der Waals surface area (Å²) < 4.78 is 0. The Labute approximate surface area is 163 Å². The molecular formula is C24H19N3O. The molecule has 1 N–H and O–H groups in total. The fourth-order valence-electron chi connectivity index (χ4n) is 3.82. The number of fused-ring (bicyclic) bond motifs is 1. The quantitative estimate of drug-likeness (QED) is 0.540. The van der Waals surface area contributed by atoms with Gasteiger partial charge in [-0.15, -0.1) is 0 Å². The van der Waals surface area contributed by atoms with Crippen LogP contribution in [0.3, 0.4) is 0 Å². The average Bonchev–Trinajstić information content (AvgIpc) is 3.19. The third kappa shape index (κ3) is 2.79. The molecule has 0 aliphatic carbocycles. The molecule has 2 heterocycles. The highest BCUT2D eigenvalue weighted by Crippen LogP contribution is 2.35. The van der Waals surface area contributed by atoms with Crippen LogP contribution < -0.4 is 5.01 Å². The first-order valence-corrected chi connectivity index (χ1v) is 9.39. The Balaban J connectivity index is 1.64. The van der Waals surface area contributed by atoms with Crippen molar-refractivity contribution in [2.24, 2.45) is 5.10 Å². The lowest BCUT2D eigenvalue weighted by Gasteiger charge is -2.29. The second-order valence-corrected chi connectivity index (χ2v) is 6.94. The lowest BCUT2D eigenvalue weighted by atomic mass is 9.88. The van der Waals surface area contributed by atoms with E-state index < -0.39 is 0 Å².